The number of hydrogen-bond donors (Lipinski definition) is 1. The lowest BCUT2D eigenvalue weighted by atomic mass is 9.97. The van der Waals surface area contributed by atoms with Crippen molar-refractivity contribution < 1.29 is 9.59 Å². The molecule has 0 aromatic carbocycles. The van der Waals surface area contributed by atoms with Gasteiger partial charge in [-0.25, -0.2) is 4.98 Å². The summed E-state index contributed by atoms with van der Waals surface area (Å²) >= 11 is 1.63. The topological polar surface area (TPSA) is 84.3 Å². The quantitative estimate of drug-likeness (QED) is 0.871. The van der Waals surface area contributed by atoms with Gasteiger partial charge >= 0.3 is 0 Å². The molecule has 8 heteroatoms. The molecule has 2 aromatic heterocycles. The molecule has 1 aliphatic carbocycles. The maximum atomic E-state index is 12.9. The fourth-order valence-electron chi connectivity index (χ4n) is 3.82. The van der Waals surface area contributed by atoms with Crippen molar-refractivity contribution in [3.8, 4) is 0 Å². The summed E-state index contributed by atoms with van der Waals surface area (Å²) in [5.74, 6) is -0.235. The Kier molecular flexibility index (Phi) is 4.52. The zero-order chi connectivity index (χ0) is 18.3. The van der Waals surface area contributed by atoms with E-state index in [2.05, 4.69) is 10.3 Å². The molecule has 1 fully saturated rings. The van der Waals surface area contributed by atoms with Gasteiger partial charge in [-0.15, -0.1) is 11.3 Å². The Morgan fingerprint density at radius 2 is 2.15 bits per heavy atom. The number of amides is 2. The van der Waals surface area contributed by atoms with Gasteiger partial charge in [0.25, 0.3) is 5.56 Å². The zero-order valence-electron chi connectivity index (χ0n) is 14.8. The van der Waals surface area contributed by atoms with Crippen LogP contribution in [0.3, 0.4) is 0 Å². The summed E-state index contributed by atoms with van der Waals surface area (Å²) in [4.78, 5) is 45.3. The van der Waals surface area contributed by atoms with Gasteiger partial charge in [-0.1, -0.05) is 0 Å². The molecule has 3 heterocycles. The van der Waals surface area contributed by atoms with Crippen molar-refractivity contribution in [2.45, 2.75) is 51.6 Å². The number of nitrogens with zero attached hydrogens (tertiary/aromatic N) is 3. The zero-order valence-corrected chi connectivity index (χ0v) is 15.6. The highest BCUT2D eigenvalue weighted by atomic mass is 32.1. The van der Waals surface area contributed by atoms with Crippen LogP contribution in [-0.2, 0) is 29.0 Å². The summed E-state index contributed by atoms with van der Waals surface area (Å²) < 4.78 is 1.54. The first-order chi connectivity index (χ1) is 12.6. The molecule has 1 aliphatic heterocycles. The monoisotopic (exact) mass is 374 g/mol. The SMILES string of the molecule is CC1C(=O)NCCN1C(=O)CCn1cnc2sc3c(c2c1=O)CCCC3. The second kappa shape index (κ2) is 6.83. The summed E-state index contributed by atoms with van der Waals surface area (Å²) in [6, 6.07) is -0.461. The second-order valence-electron chi connectivity index (χ2n) is 6.94. The molecule has 0 spiro atoms. The standard InChI is InChI=1S/C18H22N4O3S/c1-11-16(24)19-7-9-22(11)14(23)6-8-21-10-20-17-15(18(21)25)12-4-2-3-5-13(12)26-17/h10-11H,2-9H2,1H3,(H,19,24). The number of nitrogens with one attached hydrogen (secondary N) is 1. The van der Waals surface area contributed by atoms with Crippen LogP contribution < -0.4 is 10.9 Å². The van der Waals surface area contributed by atoms with Crippen LogP contribution in [0, 0.1) is 0 Å². The smallest absolute Gasteiger partial charge is 0.262 e. The minimum Gasteiger partial charge on any atom is -0.353 e. The Balaban J connectivity index is 1.54. The molecule has 1 unspecified atom stereocenters. The van der Waals surface area contributed by atoms with Gasteiger partial charge in [-0.2, -0.15) is 0 Å². The van der Waals surface area contributed by atoms with Crippen molar-refractivity contribution in [2.24, 2.45) is 0 Å². The van der Waals surface area contributed by atoms with Crippen molar-refractivity contribution in [3.05, 3.63) is 27.1 Å². The number of aryl methyl sites for hydroxylation is 3. The highest BCUT2D eigenvalue weighted by Crippen LogP contribution is 2.33. The van der Waals surface area contributed by atoms with Gasteiger partial charge < -0.3 is 10.2 Å². The van der Waals surface area contributed by atoms with E-state index in [0.717, 1.165) is 35.0 Å². The molecular formula is C18H22N4O3S. The minimum atomic E-state index is -0.461. The molecule has 4 rings (SSSR count). The molecule has 2 aliphatic rings. The highest BCUT2D eigenvalue weighted by Gasteiger charge is 2.29. The molecule has 1 saturated heterocycles. The summed E-state index contributed by atoms with van der Waals surface area (Å²) in [6.07, 6.45) is 5.99. The molecule has 0 saturated carbocycles. The van der Waals surface area contributed by atoms with Gasteiger partial charge in [0.15, 0.2) is 0 Å². The Bertz CT molecular complexity index is 932. The third-order valence-corrected chi connectivity index (χ3v) is 6.53. The molecule has 138 valence electrons. The van der Waals surface area contributed by atoms with Crippen molar-refractivity contribution in [1.29, 1.82) is 0 Å². The number of thiophene rings is 1. The lowest BCUT2D eigenvalue weighted by Gasteiger charge is -2.32. The third kappa shape index (κ3) is 2.92. The number of hydrogen-bond acceptors (Lipinski definition) is 5. The lowest BCUT2D eigenvalue weighted by molar-refractivity contribution is -0.142. The summed E-state index contributed by atoms with van der Waals surface area (Å²) in [5, 5.41) is 3.49. The van der Waals surface area contributed by atoms with Gasteiger partial charge in [0.2, 0.25) is 11.8 Å². The largest absolute Gasteiger partial charge is 0.353 e. The molecular weight excluding hydrogens is 352 g/mol. The normalized spacial score (nSPS) is 20.1. The first kappa shape index (κ1) is 17.2. The number of rotatable bonds is 3. The molecule has 7 nitrogen and oxygen atoms in total. The van der Waals surface area contributed by atoms with Gasteiger partial charge in [-0.05, 0) is 38.2 Å². The average molecular weight is 374 g/mol. The predicted molar refractivity (Wildman–Crippen MR) is 99.3 cm³/mol. The first-order valence-corrected chi connectivity index (χ1v) is 9.95. The fourth-order valence-corrected chi connectivity index (χ4v) is 5.04. The van der Waals surface area contributed by atoms with E-state index in [1.54, 1.807) is 29.5 Å². The maximum absolute atomic E-state index is 12.9. The van der Waals surface area contributed by atoms with E-state index < -0.39 is 6.04 Å². The molecule has 1 N–H and O–H groups in total. The van der Waals surface area contributed by atoms with E-state index in [-0.39, 0.29) is 30.3 Å². The maximum Gasteiger partial charge on any atom is 0.262 e. The van der Waals surface area contributed by atoms with Gasteiger partial charge in [0, 0.05) is 30.9 Å². The molecule has 0 bridgehead atoms. The summed E-state index contributed by atoms with van der Waals surface area (Å²) in [7, 11) is 0. The Morgan fingerprint density at radius 1 is 1.35 bits per heavy atom. The number of fused-ring (bicyclic) bond motifs is 3. The van der Waals surface area contributed by atoms with Gasteiger partial charge in [0.1, 0.15) is 10.9 Å². The second-order valence-corrected chi connectivity index (χ2v) is 8.02. The van der Waals surface area contributed by atoms with Crippen LogP contribution in [0.25, 0.3) is 10.2 Å². The number of piperazine rings is 1. The Hall–Kier alpha value is -2.22. The third-order valence-electron chi connectivity index (χ3n) is 5.33. The van der Waals surface area contributed by atoms with Crippen LogP contribution in [0.4, 0.5) is 0 Å². The van der Waals surface area contributed by atoms with E-state index in [9.17, 15) is 14.4 Å². The highest BCUT2D eigenvalue weighted by molar-refractivity contribution is 7.18. The molecule has 1 atom stereocenters. The fraction of sp³-hybridized carbons (Fsp3) is 0.556. The van der Waals surface area contributed by atoms with E-state index >= 15 is 0 Å². The van der Waals surface area contributed by atoms with Crippen LogP contribution in [-0.4, -0.2) is 45.4 Å². The molecule has 2 amide bonds. The van der Waals surface area contributed by atoms with Crippen molar-refractivity contribution in [1.82, 2.24) is 19.8 Å². The molecule has 26 heavy (non-hydrogen) atoms. The first-order valence-electron chi connectivity index (χ1n) is 9.13. The van der Waals surface area contributed by atoms with Crippen molar-refractivity contribution in [2.75, 3.05) is 13.1 Å². The predicted octanol–water partition coefficient (Wildman–Crippen LogP) is 1.07. The van der Waals surface area contributed by atoms with Crippen LogP contribution in [0.2, 0.25) is 0 Å². The molecule has 2 aromatic rings. The number of aromatic nitrogens is 2. The van der Waals surface area contributed by atoms with E-state index in [0.29, 0.717) is 13.1 Å². The van der Waals surface area contributed by atoms with Gasteiger partial charge in [0.05, 0.1) is 11.7 Å². The van der Waals surface area contributed by atoms with E-state index in [1.165, 1.54) is 15.9 Å². The lowest BCUT2D eigenvalue weighted by Crippen LogP contribution is -2.56. The van der Waals surface area contributed by atoms with E-state index in [1.807, 2.05) is 0 Å². The van der Waals surface area contributed by atoms with Crippen LogP contribution in [0.5, 0.6) is 0 Å². The minimum absolute atomic E-state index is 0.0494. The Morgan fingerprint density at radius 3 is 3.00 bits per heavy atom. The summed E-state index contributed by atoms with van der Waals surface area (Å²) in [5.41, 5.74) is 1.11. The molecule has 0 radical (unpaired) electrons. The number of carbonyl (C=O) groups is 2. The Labute approximate surface area is 155 Å². The van der Waals surface area contributed by atoms with Gasteiger partial charge in [-0.3, -0.25) is 19.0 Å². The van der Waals surface area contributed by atoms with Crippen LogP contribution >= 0.6 is 11.3 Å². The van der Waals surface area contributed by atoms with E-state index in [4.69, 9.17) is 0 Å². The summed E-state index contributed by atoms with van der Waals surface area (Å²) in [6.45, 7) is 3.00. The number of carbonyl (C=O) groups excluding carboxylic acids is 2. The van der Waals surface area contributed by atoms with Crippen LogP contribution in [0.1, 0.15) is 36.6 Å². The van der Waals surface area contributed by atoms with Crippen molar-refractivity contribution >= 4 is 33.4 Å². The van der Waals surface area contributed by atoms with Crippen LogP contribution in [0.15, 0.2) is 11.1 Å². The average Bonchev–Trinajstić information content (AvgIpc) is 3.02. The van der Waals surface area contributed by atoms with Crippen molar-refractivity contribution in [3.63, 3.8) is 0 Å².